The molecule has 1 aromatic rings. The largest absolute Gasteiger partial charge is 0.440 e. The number of amides is 1. The van der Waals surface area contributed by atoms with Gasteiger partial charge in [-0.1, -0.05) is 18.2 Å². The Balaban J connectivity index is 2.17. The summed E-state index contributed by atoms with van der Waals surface area (Å²) in [5, 5.41) is 3.66. The summed E-state index contributed by atoms with van der Waals surface area (Å²) in [7, 11) is 1.76. The molecule has 1 atom stereocenters. The highest BCUT2D eigenvalue weighted by atomic mass is 32.2. The van der Waals surface area contributed by atoms with E-state index < -0.39 is 5.54 Å². The predicted molar refractivity (Wildman–Crippen MR) is 67.7 cm³/mol. The van der Waals surface area contributed by atoms with E-state index in [0.717, 1.165) is 25.0 Å². The lowest BCUT2D eigenvalue weighted by molar-refractivity contribution is -0.123. The second-order valence-electron chi connectivity index (χ2n) is 4.05. The van der Waals surface area contributed by atoms with Gasteiger partial charge in [-0.25, -0.2) is 4.98 Å². The predicted octanol–water partition coefficient (Wildman–Crippen LogP) is 1.40. The summed E-state index contributed by atoms with van der Waals surface area (Å²) in [6.45, 7) is 1.83. The van der Waals surface area contributed by atoms with Gasteiger partial charge in [-0.3, -0.25) is 4.79 Å². The molecule has 96 valence electrons. The van der Waals surface area contributed by atoms with E-state index in [1.165, 1.54) is 0 Å². The van der Waals surface area contributed by atoms with Gasteiger partial charge in [0.1, 0.15) is 6.26 Å². The van der Waals surface area contributed by atoms with Crippen LogP contribution in [-0.4, -0.2) is 29.2 Å². The molecule has 1 heterocycles. The van der Waals surface area contributed by atoms with E-state index in [-0.39, 0.29) is 5.91 Å². The van der Waals surface area contributed by atoms with Crippen molar-refractivity contribution in [3.05, 3.63) is 12.5 Å². The minimum Gasteiger partial charge on any atom is -0.440 e. The molecule has 0 bridgehead atoms. The number of hydrogen-bond acceptors (Lipinski definition) is 5. The first kappa shape index (κ1) is 14.1. The zero-order valence-electron chi connectivity index (χ0n) is 10.2. The molecule has 0 radical (unpaired) electrons. The van der Waals surface area contributed by atoms with Gasteiger partial charge in [0.05, 0.1) is 11.7 Å². The Labute approximate surface area is 106 Å². The molecule has 0 aliphatic heterocycles. The Hall–Kier alpha value is -1.01. The van der Waals surface area contributed by atoms with Gasteiger partial charge in [-0.2, -0.15) is 0 Å². The van der Waals surface area contributed by atoms with Crippen molar-refractivity contribution < 1.29 is 9.21 Å². The molecule has 0 aliphatic carbocycles. The van der Waals surface area contributed by atoms with E-state index in [9.17, 15) is 4.79 Å². The number of likely N-dealkylation sites (N-methyl/N-ethyl adjacent to an activating group) is 1. The number of oxazole rings is 1. The van der Waals surface area contributed by atoms with E-state index in [4.69, 9.17) is 10.2 Å². The highest BCUT2D eigenvalue weighted by Gasteiger charge is 2.27. The molecule has 1 amide bonds. The van der Waals surface area contributed by atoms with Crippen molar-refractivity contribution in [1.29, 1.82) is 0 Å². The van der Waals surface area contributed by atoms with E-state index in [0.29, 0.717) is 5.22 Å². The highest BCUT2D eigenvalue weighted by Crippen LogP contribution is 2.19. The Morgan fingerprint density at radius 1 is 1.65 bits per heavy atom. The second-order valence-corrected chi connectivity index (χ2v) is 5.10. The summed E-state index contributed by atoms with van der Waals surface area (Å²) in [5.41, 5.74) is 4.74. The van der Waals surface area contributed by atoms with Crippen LogP contribution in [0.1, 0.15) is 26.2 Å². The van der Waals surface area contributed by atoms with Gasteiger partial charge < -0.3 is 15.5 Å². The van der Waals surface area contributed by atoms with Crippen LogP contribution in [0.15, 0.2) is 22.1 Å². The third-order valence-electron chi connectivity index (χ3n) is 2.80. The molecule has 3 N–H and O–H groups in total. The number of unbranched alkanes of at least 4 members (excludes halogenated alkanes) is 1. The average molecular weight is 257 g/mol. The first-order valence-electron chi connectivity index (χ1n) is 5.59. The summed E-state index contributed by atoms with van der Waals surface area (Å²) < 4.78 is 5.11. The fraction of sp³-hybridized carbons (Fsp3) is 0.636. The number of nitrogens with two attached hydrogens (primary N) is 1. The maximum absolute atomic E-state index is 11.2. The van der Waals surface area contributed by atoms with E-state index >= 15 is 0 Å². The van der Waals surface area contributed by atoms with Gasteiger partial charge >= 0.3 is 0 Å². The molecule has 1 unspecified atom stereocenters. The zero-order chi connectivity index (χ0) is 12.7. The number of carbonyl (C=O) groups is 1. The monoisotopic (exact) mass is 257 g/mol. The minimum atomic E-state index is -0.604. The third kappa shape index (κ3) is 4.40. The molecule has 0 saturated heterocycles. The van der Waals surface area contributed by atoms with Crippen molar-refractivity contribution in [1.82, 2.24) is 10.3 Å². The molecule has 0 spiro atoms. The SMILES string of the molecule is CNC(C)(CCCCSc1ncco1)C(N)=O. The van der Waals surface area contributed by atoms with Crippen LogP contribution >= 0.6 is 11.8 Å². The number of carbonyl (C=O) groups excluding carboxylic acids is 1. The molecule has 1 aromatic heterocycles. The minimum absolute atomic E-state index is 0.305. The lowest BCUT2D eigenvalue weighted by Gasteiger charge is -2.25. The van der Waals surface area contributed by atoms with Crippen molar-refractivity contribution in [2.75, 3.05) is 12.8 Å². The topological polar surface area (TPSA) is 81.2 Å². The quantitative estimate of drug-likeness (QED) is 0.543. The fourth-order valence-electron chi connectivity index (χ4n) is 1.39. The number of primary amides is 1. The molecule has 0 aromatic carbocycles. The van der Waals surface area contributed by atoms with Gasteiger partial charge in [-0.05, 0) is 26.8 Å². The Bertz CT molecular complexity index is 342. The summed E-state index contributed by atoms with van der Waals surface area (Å²) in [6, 6.07) is 0. The zero-order valence-corrected chi connectivity index (χ0v) is 11.0. The van der Waals surface area contributed by atoms with Gasteiger partial charge in [-0.15, -0.1) is 0 Å². The number of nitrogens with zero attached hydrogens (tertiary/aromatic N) is 1. The number of thioether (sulfide) groups is 1. The van der Waals surface area contributed by atoms with Crippen molar-refractivity contribution in [2.24, 2.45) is 5.73 Å². The molecular formula is C11H19N3O2S. The van der Waals surface area contributed by atoms with Crippen molar-refractivity contribution in [3.63, 3.8) is 0 Å². The van der Waals surface area contributed by atoms with Crippen LogP contribution in [-0.2, 0) is 4.79 Å². The maximum atomic E-state index is 11.2. The summed E-state index contributed by atoms with van der Waals surface area (Å²) in [4.78, 5) is 15.2. The first-order chi connectivity index (χ1) is 8.08. The number of nitrogens with one attached hydrogen (secondary N) is 1. The molecule has 0 aliphatic rings. The molecule has 6 heteroatoms. The molecular weight excluding hydrogens is 238 g/mol. The normalized spacial score (nSPS) is 14.5. The smallest absolute Gasteiger partial charge is 0.255 e. The lowest BCUT2D eigenvalue weighted by Crippen LogP contribution is -2.51. The van der Waals surface area contributed by atoms with Crippen LogP contribution in [0, 0.1) is 0 Å². The van der Waals surface area contributed by atoms with E-state index in [2.05, 4.69) is 10.3 Å². The molecule has 0 saturated carbocycles. The number of aromatic nitrogens is 1. The van der Waals surface area contributed by atoms with Gasteiger partial charge in [0, 0.05) is 5.75 Å². The van der Waals surface area contributed by atoms with Gasteiger partial charge in [0.15, 0.2) is 0 Å². The third-order valence-corrected chi connectivity index (χ3v) is 3.74. The summed E-state index contributed by atoms with van der Waals surface area (Å²) in [5.74, 6) is 0.624. The fourth-order valence-corrected chi connectivity index (χ4v) is 2.18. The van der Waals surface area contributed by atoms with Crippen LogP contribution in [0.2, 0.25) is 0 Å². The number of hydrogen-bond donors (Lipinski definition) is 2. The first-order valence-corrected chi connectivity index (χ1v) is 6.58. The van der Waals surface area contributed by atoms with Crippen LogP contribution in [0.5, 0.6) is 0 Å². The van der Waals surface area contributed by atoms with Crippen LogP contribution in [0.25, 0.3) is 0 Å². The maximum Gasteiger partial charge on any atom is 0.255 e. The second kappa shape index (κ2) is 6.66. The van der Waals surface area contributed by atoms with Crippen molar-refractivity contribution >= 4 is 17.7 Å². The summed E-state index contributed by atoms with van der Waals surface area (Å²) >= 11 is 1.58. The molecule has 5 nitrogen and oxygen atoms in total. The van der Waals surface area contributed by atoms with Crippen molar-refractivity contribution in [2.45, 2.75) is 36.9 Å². The molecule has 0 fully saturated rings. The van der Waals surface area contributed by atoms with Gasteiger partial charge in [0.25, 0.3) is 5.22 Å². The van der Waals surface area contributed by atoms with Gasteiger partial charge in [0.2, 0.25) is 5.91 Å². The van der Waals surface area contributed by atoms with Crippen molar-refractivity contribution in [3.8, 4) is 0 Å². The highest BCUT2D eigenvalue weighted by molar-refractivity contribution is 7.99. The van der Waals surface area contributed by atoms with E-state index in [1.807, 2.05) is 6.92 Å². The number of rotatable bonds is 8. The van der Waals surface area contributed by atoms with Crippen LogP contribution in [0.4, 0.5) is 0 Å². The average Bonchev–Trinajstić information content (AvgIpc) is 2.81. The van der Waals surface area contributed by atoms with E-state index in [1.54, 1.807) is 31.3 Å². The Morgan fingerprint density at radius 3 is 2.94 bits per heavy atom. The molecule has 1 rings (SSSR count). The summed E-state index contributed by atoms with van der Waals surface area (Å²) in [6.07, 6.45) is 5.87. The molecule has 17 heavy (non-hydrogen) atoms. The lowest BCUT2D eigenvalue weighted by atomic mass is 9.94. The van der Waals surface area contributed by atoms with Crippen LogP contribution < -0.4 is 11.1 Å². The standard InChI is InChI=1S/C11H19N3O2S/c1-11(13-2,9(12)15)5-3-4-8-17-10-14-6-7-16-10/h6-7,13H,3-5,8H2,1-2H3,(H2,12,15). The Morgan fingerprint density at radius 2 is 2.41 bits per heavy atom. The van der Waals surface area contributed by atoms with Crippen LogP contribution in [0.3, 0.4) is 0 Å². The Kier molecular flexibility index (Phi) is 5.50.